The largest absolute Gasteiger partial charge is 0.494 e. The SMILES string of the molecule is COC(=O)c1ccc(OCCCCc2c(C)n(C(c3ccccc3)c3ccccc3)c3ccc(Cl)cc23)cc1. The van der Waals surface area contributed by atoms with Gasteiger partial charge in [0.05, 0.1) is 25.3 Å². The summed E-state index contributed by atoms with van der Waals surface area (Å²) >= 11 is 6.50. The standard InChI is InChI=1S/C34H32ClNO3/c1-24-30(15-9-10-22-39-29-19-16-27(17-20-29)34(37)38-2)31-23-28(35)18-21-32(31)36(24)33(25-11-5-3-6-12-25)26-13-7-4-8-14-26/h3-8,11-14,16-21,23,33H,9-10,15,22H2,1-2H3. The average Bonchev–Trinajstić information content (AvgIpc) is 3.24. The van der Waals surface area contributed by atoms with Gasteiger partial charge in [0, 0.05) is 21.6 Å². The monoisotopic (exact) mass is 537 g/mol. The molecule has 0 bridgehead atoms. The summed E-state index contributed by atoms with van der Waals surface area (Å²) in [7, 11) is 1.38. The van der Waals surface area contributed by atoms with E-state index in [-0.39, 0.29) is 12.0 Å². The van der Waals surface area contributed by atoms with Crippen LogP contribution in [-0.4, -0.2) is 24.3 Å². The molecule has 0 aliphatic rings. The normalized spacial score (nSPS) is 11.2. The van der Waals surface area contributed by atoms with Crippen molar-refractivity contribution < 1.29 is 14.3 Å². The molecule has 0 saturated carbocycles. The average molecular weight is 538 g/mol. The minimum Gasteiger partial charge on any atom is -0.494 e. The van der Waals surface area contributed by atoms with Crippen molar-refractivity contribution in [2.45, 2.75) is 32.2 Å². The van der Waals surface area contributed by atoms with Crippen LogP contribution in [0.4, 0.5) is 0 Å². The van der Waals surface area contributed by atoms with Gasteiger partial charge in [-0.3, -0.25) is 0 Å². The molecule has 5 aromatic rings. The number of carbonyl (C=O) groups is 1. The van der Waals surface area contributed by atoms with E-state index in [2.05, 4.69) is 84.3 Å². The summed E-state index contributed by atoms with van der Waals surface area (Å²) in [6.45, 7) is 2.83. The Morgan fingerprint density at radius 2 is 1.49 bits per heavy atom. The molecule has 0 radical (unpaired) electrons. The van der Waals surface area contributed by atoms with Crippen molar-refractivity contribution in [3.8, 4) is 5.75 Å². The first-order valence-corrected chi connectivity index (χ1v) is 13.6. The lowest BCUT2D eigenvalue weighted by atomic mass is 9.98. The van der Waals surface area contributed by atoms with Gasteiger partial charge in [-0.05, 0) is 85.3 Å². The fourth-order valence-electron chi connectivity index (χ4n) is 5.29. The summed E-state index contributed by atoms with van der Waals surface area (Å²) in [5.41, 5.74) is 6.77. The molecule has 0 aliphatic carbocycles. The minimum absolute atomic E-state index is 0.0566. The quantitative estimate of drug-likeness (QED) is 0.132. The van der Waals surface area contributed by atoms with E-state index in [1.165, 1.54) is 40.4 Å². The van der Waals surface area contributed by atoms with Crippen molar-refractivity contribution in [3.05, 3.63) is 136 Å². The Bertz CT molecular complexity index is 1500. The smallest absolute Gasteiger partial charge is 0.337 e. The van der Waals surface area contributed by atoms with Gasteiger partial charge in [-0.25, -0.2) is 4.79 Å². The lowest BCUT2D eigenvalue weighted by Gasteiger charge is -2.23. The van der Waals surface area contributed by atoms with Gasteiger partial charge in [0.2, 0.25) is 0 Å². The molecule has 39 heavy (non-hydrogen) atoms. The number of ether oxygens (including phenoxy) is 2. The molecule has 1 heterocycles. The Labute approximate surface area is 234 Å². The second-order valence-corrected chi connectivity index (χ2v) is 10.1. The molecule has 0 unspecified atom stereocenters. The maximum Gasteiger partial charge on any atom is 0.337 e. The third kappa shape index (κ3) is 5.86. The first kappa shape index (κ1) is 26.6. The van der Waals surface area contributed by atoms with Crippen LogP contribution in [0.1, 0.15) is 51.6 Å². The number of aromatic nitrogens is 1. The number of fused-ring (bicyclic) bond motifs is 1. The lowest BCUT2D eigenvalue weighted by molar-refractivity contribution is 0.0600. The van der Waals surface area contributed by atoms with E-state index in [4.69, 9.17) is 21.1 Å². The number of methoxy groups -OCH3 is 1. The number of hydrogen-bond acceptors (Lipinski definition) is 3. The number of carbonyl (C=O) groups excluding carboxylic acids is 1. The van der Waals surface area contributed by atoms with Crippen LogP contribution in [0.5, 0.6) is 5.75 Å². The highest BCUT2D eigenvalue weighted by Crippen LogP contribution is 2.37. The highest BCUT2D eigenvalue weighted by molar-refractivity contribution is 6.31. The molecular formula is C34H32ClNO3. The Hall–Kier alpha value is -4.02. The first-order chi connectivity index (χ1) is 19.1. The topological polar surface area (TPSA) is 40.5 Å². The Morgan fingerprint density at radius 3 is 2.10 bits per heavy atom. The molecule has 0 N–H and O–H groups in total. The first-order valence-electron chi connectivity index (χ1n) is 13.3. The third-order valence-electron chi connectivity index (χ3n) is 7.20. The summed E-state index contributed by atoms with van der Waals surface area (Å²) in [4.78, 5) is 11.6. The van der Waals surface area contributed by atoms with Crippen LogP contribution in [0.25, 0.3) is 10.9 Å². The van der Waals surface area contributed by atoms with E-state index in [1.54, 1.807) is 24.3 Å². The maximum absolute atomic E-state index is 11.6. The van der Waals surface area contributed by atoms with Gasteiger partial charge in [0.1, 0.15) is 5.75 Å². The van der Waals surface area contributed by atoms with Crippen LogP contribution in [-0.2, 0) is 11.2 Å². The Kier molecular flexibility index (Phi) is 8.33. The van der Waals surface area contributed by atoms with E-state index in [0.717, 1.165) is 30.0 Å². The zero-order valence-corrected chi connectivity index (χ0v) is 23.0. The molecule has 0 saturated heterocycles. The van der Waals surface area contributed by atoms with Crippen LogP contribution in [0, 0.1) is 6.92 Å². The van der Waals surface area contributed by atoms with Crippen molar-refractivity contribution >= 4 is 28.5 Å². The summed E-state index contributed by atoms with van der Waals surface area (Å²) in [5, 5.41) is 1.95. The van der Waals surface area contributed by atoms with E-state index in [1.807, 2.05) is 6.07 Å². The number of unbranched alkanes of at least 4 members (excludes halogenated alkanes) is 1. The lowest BCUT2D eigenvalue weighted by Crippen LogP contribution is -2.14. The summed E-state index contributed by atoms with van der Waals surface area (Å²) in [5.74, 6) is 0.397. The van der Waals surface area contributed by atoms with Gasteiger partial charge >= 0.3 is 5.97 Å². The second-order valence-electron chi connectivity index (χ2n) is 9.64. The number of benzene rings is 4. The molecule has 198 valence electrons. The molecule has 4 aromatic carbocycles. The van der Waals surface area contributed by atoms with Crippen LogP contribution >= 0.6 is 11.6 Å². The zero-order valence-electron chi connectivity index (χ0n) is 22.3. The highest BCUT2D eigenvalue weighted by Gasteiger charge is 2.23. The van der Waals surface area contributed by atoms with Crippen LogP contribution in [0.2, 0.25) is 5.02 Å². The van der Waals surface area contributed by atoms with Gasteiger partial charge in [-0.15, -0.1) is 0 Å². The number of hydrogen-bond donors (Lipinski definition) is 0. The molecule has 1 aromatic heterocycles. The van der Waals surface area contributed by atoms with E-state index < -0.39 is 0 Å². The third-order valence-corrected chi connectivity index (χ3v) is 7.43. The van der Waals surface area contributed by atoms with Crippen LogP contribution in [0.15, 0.2) is 103 Å². The number of halogens is 1. The number of aryl methyl sites for hydroxylation is 1. The fraction of sp³-hybridized carbons (Fsp3) is 0.206. The summed E-state index contributed by atoms with van der Waals surface area (Å²) in [6, 6.07) is 34.7. The van der Waals surface area contributed by atoms with Crippen molar-refractivity contribution in [1.82, 2.24) is 4.57 Å². The molecule has 5 rings (SSSR count). The predicted molar refractivity (Wildman–Crippen MR) is 158 cm³/mol. The molecule has 0 amide bonds. The van der Waals surface area contributed by atoms with Gasteiger partial charge in [0.25, 0.3) is 0 Å². The van der Waals surface area contributed by atoms with E-state index >= 15 is 0 Å². The van der Waals surface area contributed by atoms with Gasteiger partial charge < -0.3 is 14.0 Å². The fourth-order valence-corrected chi connectivity index (χ4v) is 5.46. The van der Waals surface area contributed by atoms with Crippen LogP contribution < -0.4 is 4.74 Å². The van der Waals surface area contributed by atoms with Crippen molar-refractivity contribution in [1.29, 1.82) is 0 Å². The minimum atomic E-state index is -0.349. The second kappa shape index (κ2) is 12.2. The zero-order chi connectivity index (χ0) is 27.2. The molecule has 0 fully saturated rings. The molecule has 0 aliphatic heterocycles. The molecule has 0 atom stereocenters. The number of nitrogens with zero attached hydrogens (tertiary/aromatic N) is 1. The van der Waals surface area contributed by atoms with Crippen LogP contribution in [0.3, 0.4) is 0 Å². The van der Waals surface area contributed by atoms with Gasteiger partial charge in [-0.1, -0.05) is 72.3 Å². The van der Waals surface area contributed by atoms with Crippen molar-refractivity contribution in [2.24, 2.45) is 0 Å². The van der Waals surface area contributed by atoms with Crippen molar-refractivity contribution in [2.75, 3.05) is 13.7 Å². The number of rotatable bonds is 10. The maximum atomic E-state index is 11.6. The highest BCUT2D eigenvalue weighted by atomic mass is 35.5. The number of esters is 1. The Balaban J connectivity index is 1.38. The molecule has 5 heteroatoms. The Morgan fingerprint density at radius 1 is 0.846 bits per heavy atom. The summed E-state index contributed by atoms with van der Waals surface area (Å²) < 4.78 is 13.1. The molecule has 4 nitrogen and oxygen atoms in total. The van der Waals surface area contributed by atoms with E-state index in [0.29, 0.717) is 12.2 Å². The molecule has 0 spiro atoms. The molecular weight excluding hydrogens is 506 g/mol. The van der Waals surface area contributed by atoms with E-state index in [9.17, 15) is 4.79 Å². The van der Waals surface area contributed by atoms with Gasteiger partial charge in [0.15, 0.2) is 0 Å². The van der Waals surface area contributed by atoms with Gasteiger partial charge in [-0.2, -0.15) is 0 Å². The predicted octanol–water partition coefficient (Wildman–Crippen LogP) is 8.43. The summed E-state index contributed by atoms with van der Waals surface area (Å²) in [6.07, 6.45) is 2.82. The van der Waals surface area contributed by atoms with Crippen molar-refractivity contribution in [3.63, 3.8) is 0 Å².